The summed E-state index contributed by atoms with van der Waals surface area (Å²) in [5.41, 5.74) is 2.24. The van der Waals surface area contributed by atoms with Gasteiger partial charge in [-0.15, -0.1) is 0 Å². The minimum atomic E-state index is -0.183. The van der Waals surface area contributed by atoms with Gasteiger partial charge in [0.15, 0.2) is 0 Å². The van der Waals surface area contributed by atoms with Crippen LogP contribution in [0, 0.1) is 0 Å². The fraction of sp³-hybridized carbons (Fsp3) is 0.227. The van der Waals surface area contributed by atoms with Gasteiger partial charge < -0.3 is 20.1 Å². The Balaban J connectivity index is 1.33. The summed E-state index contributed by atoms with van der Waals surface area (Å²) < 4.78 is 2.06. The van der Waals surface area contributed by atoms with Gasteiger partial charge in [0.05, 0.1) is 6.54 Å². The van der Waals surface area contributed by atoms with Crippen molar-refractivity contribution in [1.29, 1.82) is 0 Å². The first kappa shape index (κ1) is 18.7. The van der Waals surface area contributed by atoms with E-state index in [9.17, 15) is 14.4 Å². The summed E-state index contributed by atoms with van der Waals surface area (Å²) in [5, 5.41) is 6.71. The van der Waals surface area contributed by atoms with Crippen LogP contribution in [0.4, 0.5) is 5.69 Å². The zero-order valence-corrected chi connectivity index (χ0v) is 15.9. The van der Waals surface area contributed by atoms with Crippen LogP contribution >= 0.6 is 0 Å². The lowest BCUT2D eigenvalue weighted by atomic mass is 10.1. The summed E-state index contributed by atoms with van der Waals surface area (Å²) in [7, 11) is 0. The average Bonchev–Trinajstić information content (AvgIpc) is 3.15. The van der Waals surface area contributed by atoms with Gasteiger partial charge in [0.1, 0.15) is 0 Å². The van der Waals surface area contributed by atoms with Crippen LogP contribution in [0.15, 0.2) is 60.8 Å². The lowest BCUT2D eigenvalue weighted by Crippen LogP contribution is -2.49. The van der Waals surface area contributed by atoms with E-state index in [1.165, 1.54) is 4.90 Å². The largest absolute Gasteiger partial charge is 0.353 e. The molecule has 3 amide bonds. The molecule has 0 saturated carbocycles. The standard InChI is InChI=1S/C22H22N4O3/c27-20(10-13-25-12-9-16-3-1-2-4-19(16)25)24-18-7-5-17(6-8-18)22(29)26-14-11-23-21(28)15-26/h1-9,12H,10-11,13-15H2,(H,23,28)(H,24,27). The van der Waals surface area contributed by atoms with E-state index < -0.39 is 0 Å². The van der Waals surface area contributed by atoms with Gasteiger partial charge in [-0.25, -0.2) is 0 Å². The second-order valence-electron chi connectivity index (χ2n) is 7.02. The number of piperazine rings is 1. The van der Waals surface area contributed by atoms with E-state index in [2.05, 4.69) is 15.2 Å². The molecule has 3 aromatic rings. The Bertz CT molecular complexity index is 1060. The topological polar surface area (TPSA) is 83.4 Å². The SMILES string of the molecule is O=C1CN(C(=O)c2ccc(NC(=O)CCn3ccc4ccccc43)cc2)CCN1. The molecular formula is C22H22N4O3. The van der Waals surface area contributed by atoms with E-state index in [-0.39, 0.29) is 24.3 Å². The summed E-state index contributed by atoms with van der Waals surface area (Å²) >= 11 is 0. The molecule has 4 rings (SSSR count). The maximum absolute atomic E-state index is 12.5. The number of amides is 3. The highest BCUT2D eigenvalue weighted by atomic mass is 16.2. The molecule has 7 heteroatoms. The third kappa shape index (κ3) is 4.29. The van der Waals surface area contributed by atoms with Gasteiger partial charge in [0.25, 0.3) is 5.91 Å². The van der Waals surface area contributed by atoms with Gasteiger partial charge >= 0.3 is 0 Å². The summed E-state index contributed by atoms with van der Waals surface area (Å²) in [6.45, 7) is 1.63. The minimum Gasteiger partial charge on any atom is -0.353 e. The number of hydrogen-bond donors (Lipinski definition) is 2. The number of nitrogens with zero attached hydrogens (tertiary/aromatic N) is 2. The molecule has 1 aliphatic heterocycles. The summed E-state index contributed by atoms with van der Waals surface area (Å²) in [5.74, 6) is -0.421. The number of hydrogen-bond acceptors (Lipinski definition) is 3. The summed E-state index contributed by atoms with van der Waals surface area (Å²) in [6, 6.07) is 16.9. The molecule has 0 unspecified atom stereocenters. The highest BCUT2D eigenvalue weighted by molar-refractivity contribution is 5.98. The van der Waals surface area contributed by atoms with Gasteiger partial charge in [-0.1, -0.05) is 18.2 Å². The van der Waals surface area contributed by atoms with E-state index >= 15 is 0 Å². The summed E-state index contributed by atoms with van der Waals surface area (Å²) in [4.78, 5) is 37.7. The second-order valence-corrected chi connectivity index (χ2v) is 7.02. The first-order valence-corrected chi connectivity index (χ1v) is 9.60. The number of aryl methyl sites for hydroxylation is 1. The van der Waals surface area contributed by atoms with Crippen molar-refractivity contribution in [2.45, 2.75) is 13.0 Å². The third-order valence-electron chi connectivity index (χ3n) is 5.00. The molecular weight excluding hydrogens is 368 g/mol. The van der Waals surface area contributed by atoms with Crippen LogP contribution in [0.3, 0.4) is 0 Å². The maximum atomic E-state index is 12.5. The Hall–Kier alpha value is -3.61. The molecule has 1 saturated heterocycles. The Kier molecular flexibility index (Phi) is 5.29. The fourth-order valence-corrected chi connectivity index (χ4v) is 3.47. The first-order chi connectivity index (χ1) is 14.1. The first-order valence-electron chi connectivity index (χ1n) is 9.60. The molecule has 2 heterocycles. The van der Waals surface area contributed by atoms with Gasteiger partial charge in [0, 0.05) is 49.0 Å². The van der Waals surface area contributed by atoms with Crippen LogP contribution in [0.2, 0.25) is 0 Å². The molecule has 0 bridgehead atoms. The molecule has 2 N–H and O–H groups in total. The molecule has 2 aromatic carbocycles. The number of aromatic nitrogens is 1. The van der Waals surface area contributed by atoms with Gasteiger partial charge in [-0.05, 0) is 41.8 Å². The Morgan fingerprint density at radius 1 is 1.03 bits per heavy atom. The maximum Gasteiger partial charge on any atom is 0.254 e. The van der Waals surface area contributed by atoms with Crippen molar-refractivity contribution in [1.82, 2.24) is 14.8 Å². The van der Waals surface area contributed by atoms with E-state index in [1.807, 2.05) is 36.5 Å². The van der Waals surface area contributed by atoms with Crippen molar-refractivity contribution in [2.24, 2.45) is 0 Å². The summed E-state index contributed by atoms with van der Waals surface area (Å²) in [6.07, 6.45) is 2.33. The number of carbonyl (C=O) groups excluding carboxylic acids is 3. The van der Waals surface area contributed by atoms with E-state index in [0.29, 0.717) is 37.3 Å². The number of nitrogens with one attached hydrogen (secondary N) is 2. The smallest absolute Gasteiger partial charge is 0.254 e. The Labute approximate surface area is 168 Å². The number of para-hydroxylation sites is 1. The monoisotopic (exact) mass is 390 g/mol. The molecule has 0 aliphatic carbocycles. The van der Waals surface area contributed by atoms with E-state index in [1.54, 1.807) is 24.3 Å². The normalized spacial score (nSPS) is 13.9. The van der Waals surface area contributed by atoms with Crippen LogP contribution in [0.1, 0.15) is 16.8 Å². The van der Waals surface area contributed by atoms with Gasteiger partial charge in [0.2, 0.25) is 11.8 Å². The van der Waals surface area contributed by atoms with Crippen LogP contribution in [-0.2, 0) is 16.1 Å². The van der Waals surface area contributed by atoms with E-state index in [0.717, 1.165) is 10.9 Å². The van der Waals surface area contributed by atoms with Crippen molar-refractivity contribution in [3.05, 3.63) is 66.4 Å². The molecule has 7 nitrogen and oxygen atoms in total. The number of rotatable bonds is 5. The molecule has 148 valence electrons. The number of benzene rings is 2. The molecule has 29 heavy (non-hydrogen) atoms. The lowest BCUT2D eigenvalue weighted by molar-refractivity contribution is -0.123. The van der Waals surface area contributed by atoms with Gasteiger partial charge in [-0.3, -0.25) is 14.4 Å². The predicted octanol–water partition coefficient (Wildman–Crippen LogP) is 2.24. The number of fused-ring (bicyclic) bond motifs is 1. The molecule has 0 spiro atoms. The molecule has 1 aliphatic rings. The second kappa shape index (κ2) is 8.18. The quantitative estimate of drug-likeness (QED) is 0.701. The van der Waals surface area contributed by atoms with Crippen LogP contribution in [0.5, 0.6) is 0 Å². The van der Waals surface area contributed by atoms with Crippen LogP contribution in [-0.4, -0.2) is 46.8 Å². The van der Waals surface area contributed by atoms with Crippen LogP contribution in [0.25, 0.3) is 10.9 Å². The molecule has 1 fully saturated rings. The van der Waals surface area contributed by atoms with Gasteiger partial charge in [-0.2, -0.15) is 0 Å². The minimum absolute atomic E-state index is 0.0748. The van der Waals surface area contributed by atoms with Crippen molar-refractivity contribution < 1.29 is 14.4 Å². The fourth-order valence-electron chi connectivity index (χ4n) is 3.47. The average molecular weight is 390 g/mol. The predicted molar refractivity (Wildman–Crippen MR) is 111 cm³/mol. The Morgan fingerprint density at radius 3 is 2.62 bits per heavy atom. The van der Waals surface area contributed by atoms with Crippen LogP contribution < -0.4 is 10.6 Å². The van der Waals surface area contributed by atoms with Crippen molar-refractivity contribution in [3.8, 4) is 0 Å². The molecule has 1 aromatic heterocycles. The number of carbonyl (C=O) groups is 3. The third-order valence-corrected chi connectivity index (χ3v) is 5.00. The number of anilines is 1. The highest BCUT2D eigenvalue weighted by Crippen LogP contribution is 2.16. The van der Waals surface area contributed by atoms with Crippen molar-refractivity contribution in [2.75, 3.05) is 25.0 Å². The Morgan fingerprint density at radius 2 is 1.83 bits per heavy atom. The zero-order valence-electron chi connectivity index (χ0n) is 15.9. The highest BCUT2D eigenvalue weighted by Gasteiger charge is 2.22. The molecule has 0 radical (unpaired) electrons. The molecule has 0 atom stereocenters. The van der Waals surface area contributed by atoms with Crippen molar-refractivity contribution in [3.63, 3.8) is 0 Å². The lowest BCUT2D eigenvalue weighted by Gasteiger charge is -2.26. The van der Waals surface area contributed by atoms with E-state index in [4.69, 9.17) is 0 Å². The van der Waals surface area contributed by atoms with Crippen molar-refractivity contribution >= 4 is 34.3 Å². The zero-order chi connectivity index (χ0) is 20.2.